The van der Waals surface area contributed by atoms with Gasteiger partial charge in [0, 0.05) is 32.0 Å². The van der Waals surface area contributed by atoms with E-state index in [0.29, 0.717) is 13.0 Å². The van der Waals surface area contributed by atoms with Crippen molar-refractivity contribution in [1.82, 2.24) is 20.2 Å². The highest BCUT2D eigenvalue weighted by Crippen LogP contribution is 2.39. The number of rotatable bonds is 18. The van der Waals surface area contributed by atoms with Crippen LogP contribution in [0.1, 0.15) is 105 Å². The van der Waals surface area contributed by atoms with Crippen LogP contribution in [-0.2, 0) is 47.5 Å². The Hall–Kier alpha value is -3.61. The summed E-state index contributed by atoms with van der Waals surface area (Å²) in [7, 11) is 1.41. The molecular weight excluding hydrogens is 706 g/mol. The van der Waals surface area contributed by atoms with Gasteiger partial charge in [-0.15, -0.1) is 0 Å². The van der Waals surface area contributed by atoms with Crippen LogP contribution in [0.15, 0.2) is 33.7 Å². The van der Waals surface area contributed by atoms with Gasteiger partial charge in [0.2, 0.25) is 18.1 Å². The third-order valence-corrected chi connectivity index (χ3v) is 10.1. The topological polar surface area (TPSA) is 221 Å². The molecule has 0 bridgehead atoms. The number of hydrogen-bond donors (Lipinski definition) is 4. The Morgan fingerprint density at radius 2 is 1.78 bits per heavy atom. The second-order valence-corrected chi connectivity index (χ2v) is 14.9. The van der Waals surface area contributed by atoms with E-state index in [1.165, 1.54) is 51.1 Å². The molecule has 17 nitrogen and oxygen atoms in total. The number of unbranched alkanes of at least 4 members (excludes halogenated alkanes) is 7. The number of fused-ring (bicyclic) bond motifs is 1. The van der Waals surface area contributed by atoms with Crippen LogP contribution >= 0.6 is 0 Å². The highest BCUT2D eigenvalue weighted by molar-refractivity contribution is 5.95. The number of methoxy groups -OCH3 is 1. The van der Waals surface area contributed by atoms with Crippen LogP contribution in [0.25, 0.3) is 0 Å². The van der Waals surface area contributed by atoms with Crippen LogP contribution in [0.3, 0.4) is 0 Å². The summed E-state index contributed by atoms with van der Waals surface area (Å²) in [4.78, 5) is 66.7. The van der Waals surface area contributed by atoms with Gasteiger partial charge in [-0.25, -0.2) is 4.79 Å². The van der Waals surface area contributed by atoms with Crippen molar-refractivity contribution in [3.8, 4) is 0 Å². The number of hydrogen-bond acceptors (Lipinski definition) is 12. The summed E-state index contributed by atoms with van der Waals surface area (Å²) in [6.45, 7) is 7.76. The van der Waals surface area contributed by atoms with Crippen molar-refractivity contribution >= 4 is 17.7 Å². The fourth-order valence-corrected chi connectivity index (χ4v) is 7.43. The van der Waals surface area contributed by atoms with Crippen LogP contribution in [0.2, 0.25) is 0 Å². The Labute approximate surface area is 314 Å². The summed E-state index contributed by atoms with van der Waals surface area (Å²) < 4.78 is 44.2. The maximum absolute atomic E-state index is 13.6. The van der Waals surface area contributed by atoms with E-state index in [1.54, 1.807) is 13.8 Å². The first kappa shape index (κ1) is 41.6. The molecular formula is C37H57N5O12. The summed E-state index contributed by atoms with van der Waals surface area (Å²) in [5.74, 6) is -3.26. The van der Waals surface area contributed by atoms with E-state index in [1.807, 2.05) is 6.92 Å². The molecule has 0 radical (unpaired) electrons. The molecule has 5 rings (SSSR count). The molecule has 1 aromatic heterocycles. The Bertz CT molecular complexity index is 1590. The predicted molar refractivity (Wildman–Crippen MR) is 193 cm³/mol. The summed E-state index contributed by atoms with van der Waals surface area (Å²) in [5.41, 5.74) is 4.60. The van der Waals surface area contributed by atoms with Crippen molar-refractivity contribution in [2.24, 2.45) is 5.73 Å². The fourth-order valence-electron chi connectivity index (χ4n) is 7.43. The van der Waals surface area contributed by atoms with Crippen molar-refractivity contribution in [3.05, 3.63) is 44.9 Å². The number of H-pyrrole nitrogens is 1. The number of nitrogens with zero attached hydrogens (tertiary/aromatic N) is 1. The van der Waals surface area contributed by atoms with Gasteiger partial charge in [-0.2, -0.15) is 0 Å². The number of carbonyl (C=O) groups excluding carboxylic acids is 3. The number of carbonyl (C=O) groups is 3. The number of nitrogens with two attached hydrogens (primary N) is 1. The summed E-state index contributed by atoms with van der Waals surface area (Å²) in [5, 5.41) is 5.62. The van der Waals surface area contributed by atoms with Crippen molar-refractivity contribution in [3.63, 3.8) is 0 Å². The smallest absolute Gasteiger partial charge is 0.330 e. The molecule has 5 N–H and O–H groups in total. The Balaban J connectivity index is 1.35. The first-order chi connectivity index (χ1) is 25.8. The lowest BCUT2D eigenvalue weighted by molar-refractivity contribution is -0.241. The number of primary amides is 1. The van der Waals surface area contributed by atoms with Gasteiger partial charge in [-0.3, -0.25) is 28.7 Å². The van der Waals surface area contributed by atoms with Crippen LogP contribution in [0, 0.1) is 0 Å². The van der Waals surface area contributed by atoms with Crippen LogP contribution in [0.4, 0.5) is 0 Å². The fraction of sp³-hybridized carbons (Fsp3) is 0.757. The third-order valence-electron chi connectivity index (χ3n) is 10.1. The molecule has 5 heterocycles. The van der Waals surface area contributed by atoms with Crippen LogP contribution < -0.4 is 27.6 Å². The molecule has 54 heavy (non-hydrogen) atoms. The van der Waals surface area contributed by atoms with E-state index in [4.69, 9.17) is 38.9 Å². The molecule has 3 fully saturated rings. The van der Waals surface area contributed by atoms with E-state index in [9.17, 15) is 24.0 Å². The first-order valence-electron chi connectivity index (χ1n) is 19.2. The first-order valence-corrected chi connectivity index (χ1v) is 19.2. The van der Waals surface area contributed by atoms with Crippen molar-refractivity contribution in [2.45, 2.75) is 165 Å². The van der Waals surface area contributed by atoms with E-state index >= 15 is 0 Å². The van der Waals surface area contributed by atoms with Crippen molar-refractivity contribution in [1.29, 1.82) is 0 Å². The lowest BCUT2D eigenvalue weighted by Crippen LogP contribution is -2.54. The average Bonchev–Trinajstić information content (AvgIpc) is 3.58. The zero-order valence-corrected chi connectivity index (χ0v) is 31.9. The Morgan fingerprint density at radius 3 is 2.46 bits per heavy atom. The minimum atomic E-state index is -1.58. The zero-order valence-electron chi connectivity index (χ0n) is 31.9. The number of amides is 3. The zero-order chi connectivity index (χ0) is 39.0. The van der Waals surface area contributed by atoms with Gasteiger partial charge in [-0.1, -0.05) is 51.9 Å². The molecule has 0 unspecified atom stereocenters. The van der Waals surface area contributed by atoms with Gasteiger partial charge in [-0.05, 0) is 52.5 Å². The average molecular weight is 764 g/mol. The Morgan fingerprint density at radius 1 is 1.06 bits per heavy atom. The number of ether oxygens (including phenoxy) is 7. The standard InChI is InChI=1S/C37H57N5O12/c1-6-7-8-9-10-11-12-13-19-49-30-27(48-5)28(51-34(30)42-18-17-25(43)41-36(42)47)29(31(38)44)52-35-26-23(53-37(3,4)54-26)20-24(50-35)33(46)40-22-16-14-15-21(2)39-32(22)45/h17-18,20-23,26-30,34-35H,6-16,19H2,1-5H3,(H2,38,44)(H,39,45)(H,40,46)(H,41,43,47)/t21-,22+,23+,26+,27-,28+,29-,30-,34-,35-/m1/s1. The number of aromatic amines is 1. The monoisotopic (exact) mass is 763 g/mol. The second kappa shape index (κ2) is 18.8. The van der Waals surface area contributed by atoms with Gasteiger partial charge in [0.1, 0.15) is 30.5 Å². The normalized spacial score (nSPS) is 31.1. The minimum absolute atomic E-state index is 0.0219. The van der Waals surface area contributed by atoms with Crippen molar-refractivity contribution < 1.29 is 47.5 Å². The SMILES string of the molecule is CCCCCCCCCCO[C@@H]1[C@H](OC)[C@@H]([C@@H](O[C@H]2OC(C(=O)N[C@H]3CCC[C@@H](C)NC3=O)=C[C@@H]3OC(C)(C)O[C@H]23)C(N)=O)O[C@H]1n1ccc(=O)[nH]c1=O. The summed E-state index contributed by atoms with van der Waals surface area (Å²) >= 11 is 0. The molecule has 302 valence electrons. The molecule has 3 amide bonds. The van der Waals surface area contributed by atoms with Gasteiger partial charge in [0.05, 0.1) is 0 Å². The van der Waals surface area contributed by atoms with E-state index in [2.05, 4.69) is 22.5 Å². The lowest BCUT2D eigenvalue weighted by atomic mass is 10.0. The van der Waals surface area contributed by atoms with Crippen LogP contribution in [0.5, 0.6) is 0 Å². The van der Waals surface area contributed by atoms with Gasteiger partial charge in [0.15, 0.2) is 30.0 Å². The number of aromatic nitrogens is 2. The highest BCUT2D eigenvalue weighted by atomic mass is 16.8. The lowest BCUT2D eigenvalue weighted by Gasteiger charge is -2.35. The molecule has 3 saturated heterocycles. The largest absolute Gasteiger partial charge is 0.456 e. The van der Waals surface area contributed by atoms with Gasteiger partial charge >= 0.3 is 5.69 Å². The third kappa shape index (κ3) is 10.4. The maximum atomic E-state index is 13.6. The molecule has 0 aliphatic carbocycles. The molecule has 0 aromatic carbocycles. The highest BCUT2D eigenvalue weighted by Gasteiger charge is 2.56. The molecule has 4 aliphatic rings. The van der Waals surface area contributed by atoms with Gasteiger partial charge in [0.25, 0.3) is 11.5 Å². The molecule has 4 aliphatic heterocycles. The summed E-state index contributed by atoms with van der Waals surface area (Å²) in [6.07, 6.45) is 4.23. The van der Waals surface area contributed by atoms with E-state index in [-0.39, 0.29) is 17.7 Å². The van der Waals surface area contributed by atoms with Gasteiger partial charge < -0.3 is 49.5 Å². The van der Waals surface area contributed by atoms with E-state index < -0.39 is 84.0 Å². The molecule has 0 saturated carbocycles. The summed E-state index contributed by atoms with van der Waals surface area (Å²) in [6, 6.07) is 0.363. The predicted octanol–water partition coefficient (Wildman–Crippen LogP) is 1.78. The molecule has 1 aromatic rings. The van der Waals surface area contributed by atoms with Crippen LogP contribution in [-0.4, -0.2) is 102 Å². The minimum Gasteiger partial charge on any atom is -0.456 e. The molecule has 0 spiro atoms. The Kier molecular flexibility index (Phi) is 14.5. The van der Waals surface area contributed by atoms with Crippen molar-refractivity contribution in [2.75, 3.05) is 13.7 Å². The number of nitrogens with one attached hydrogen (secondary N) is 3. The van der Waals surface area contributed by atoms with E-state index in [0.717, 1.165) is 43.1 Å². The maximum Gasteiger partial charge on any atom is 0.330 e. The quantitative estimate of drug-likeness (QED) is 0.157. The molecule has 17 heteroatoms. The molecule has 10 atom stereocenters. The second-order valence-electron chi connectivity index (χ2n) is 14.9.